The van der Waals surface area contributed by atoms with Crippen molar-refractivity contribution in [2.24, 2.45) is 0 Å². The fourth-order valence-corrected chi connectivity index (χ4v) is 4.21. The predicted octanol–water partition coefficient (Wildman–Crippen LogP) is 5.62. The lowest BCUT2D eigenvalue weighted by Gasteiger charge is -2.36. The third kappa shape index (κ3) is 1.26. The Bertz CT molecular complexity index is 945. The molecule has 0 N–H and O–H groups in total. The summed E-state index contributed by atoms with van der Waals surface area (Å²) in [6.45, 7) is 4.54. The zero-order valence-electron chi connectivity index (χ0n) is 12.3. The molecular weight excluding hydrogens is 252 g/mol. The fraction of sp³-hybridized carbons (Fsp3) is 0.143. The molecule has 0 nitrogen and oxygen atoms in total. The summed E-state index contributed by atoms with van der Waals surface area (Å²) in [6, 6.07) is 11.2. The number of hydrogen-bond donors (Lipinski definition) is 0. The van der Waals surface area contributed by atoms with Crippen LogP contribution in [0.5, 0.6) is 0 Å². The van der Waals surface area contributed by atoms with Crippen molar-refractivity contribution in [1.82, 2.24) is 0 Å². The van der Waals surface area contributed by atoms with Crippen LogP contribution in [0.15, 0.2) is 65.3 Å². The summed E-state index contributed by atoms with van der Waals surface area (Å²) >= 11 is 0. The van der Waals surface area contributed by atoms with Crippen LogP contribution in [0.2, 0.25) is 0 Å². The third-order valence-corrected chi connectivity index (χ3v) is 5.34. The van der Waals surface area contributed by atoms with Gasteiger partial charge in [0.15, 0.2) is 0 Å². The van der Waals surface area contributed by atoms with E-state index in [4.69, 9.17) is 0 Å². The topological polar surface area (TPSA) is 0 Å². The van der Waals surface area contributed by atoms with Crippen LogP contribution >= 0.6 is 0 Å². The second-order valence-corrected chi connectivity index (χ2v) is 6.28. The molecule has 0 aromatic heterocycles. The first-order chi connectivity index (χ1) is 10.3. The van der Waals surface area contributed by atoms with Crippen molar-refractivity contribution in [2.75, 3.05) is 0 Å². The summed E-state index contributed by atoms with van der Waals surface area (Å²) in [5.41, 5.74) is 10.1. The van der Waals surface area contributed by atoms with E-state index in [2.05, 4.69) is 68.5 Å². The average molecular weight is 268 g/mol. The first-order valence-electron chi connectivity index (χ1n) is 7.59. The van der Waals surface area contributed by atoms with Crippen molar-refractivity contribution < 1.29 is 0 Å². The van der Waals surface area contributed by atoms with E-state index >= 15 is 0 Å². The normalized spacial score (nSPS) is 21.5. The lowest BCUT2D eigenvalue weighted by atomic mass is 9.67. The lowest BCUT2D eigenvalue weighted by Crippen LogP contribution is -2.18. The molecule has 0 radical (unpaired) electrons. The highest BCUT2D eigenvalue weighted by Gasteiger charge is 2.34. The molecule has 0 fully saturated rings. The monoisotopic (exact) mass is 268 g/mol. The second kappa shape index (κ2) is 3.65. The SMILES string of the molecule is CC1=C(C)c2ccc3cccc4c3c2C2C(=C4)C=CC=C12. The molecule has 3 aliphatic rings. The first-order valence-corrected chi connectivity index (χ1v) is 7.59. The van der Waals surface area contributed by atoms with Gasteiger partial charge in [-0.3, -0.25) is 0 Å². The summed E-state index contributed by atoms with van der Waals surface area (Å²) in [5.74, 6) is 0.437. The van der Waals surface area contributed by atoms with Gasteiger partial charge in [0.1, 0.15) is 0 Å². The van der Waals surface area contributed by atoms with Gasteiger partial charge < -0.3 is 0 Å². The minimum absolute atomic E-state index is 0.437. The highest BCUT2D eigenvalue weighted by Crippen LogP contribution is 2.52. The first kappa shape index (κ1) is 11.3. The molecule has 0 spiro atoms. The standard InChI is InChI=1S/C21H16/c1-12-13(2)18-10-9-14-5-3-6-15-11-16-7-4-8-17(12)20(16)21(18)19(14)15/h3-11,20H,1-2H3. The molecule has 0 bridgehead atoms. The Hall–Kier alpha value is -2.34. The van der Waals surface area contributed by atoms with Crippen LogP contribution in [-0.2, 0) is 0 Å². The summed E-state index contributed by atoms with van der Waals surface area (Å²) in [4.78, 5) is 0. The largest absolute Gasteiger partial charge is 0.0616 e. The number of hydrogen-bond acceptors (Lipinski definition) is 0. The molecule has 1 atom stereocenters. The van der Waals surface area contributed by atoms with Crippen LogP contribution < -0.4 is 0 Å². The van der Waals surface area contributed by atoms with Crippen LogP contribution in [0.3, 0.4) is 0 Å². The average Bonchev–Trinajstić information content (AvgIpc) is 2.52. The van der Waals surface area contributed by atoms with Gasteiger partial charge in [0.25, 0.3) is 0 Å². The molecule has 0 saturated heterocycles. The molecule has 2 aromatic carbocycles. The Labute approximate surface area is 124 Å². The van der Waals surface area contributed by atoms with Crippen molar-refractivity contribution >= 4 is 22.4 Å². The highest BCUT2D eigenvalue weighted by atomic mass is 14.4. The van der Waals surface area contributed by atoms with E-state index in [0.29, 0.717) is 5.92 Å². The maximum absolute atomic E-state index is 2.38. The molecule has 3 aliphatic carbocycles. The smallest absolute Gasteiger partial charge is 0.0355 e. The van der Waals surface area contributed by atoms with Crippen molar-refractivity contribution in [1.29, 1.82) is 0 Å². The van der Waals surface area contributed by atoms with Gasteiger partial charge in [-0.15, -0.1) is 0 Å². The molecule has 1 unspecified atom stereocenters. The highest BCUT2D eigenvalue weighted by molar-refractivity contribution is 6.02. The summed E-state index contributed by atoms with van der Waals surface area (Å²) in [7, 11) is 0. The Morgan fingerprint density at radius 1 is 0.952 bits per heavy atom. The van der Waals surface area contributed by atoms with Gasteiger partial charge in [-0.2, -0.15) is 0 Å². The van der Waals surface area contributed by atoms with Gasteiger partial charge in [-0.1, -0.05) is 54.6 Å². The maximum atomic E-state index is 2.38. The third-order valence-electron chi connectivity index (χ3n) is 5.34. The van der Waals surface area contributed by atoms with Crippen molar-refractivity contribution in [3.63, 3.8) is 0 Å². The summed E-state index contributed by atoms with van der Waals surface area (Å²) in [5, 5.41) is 2.82. The zero-order chi connectivity index (χ0) is 14.1. The van der Waals surface area contributed by atoms with Gasteiger partial charge in [-0.25, -0.2) is 0 Å². The second-order valence-electron chi connectivity index (χ2n) is 6.28. The number of benzene rings is 2. The van der Waals surface area contributed by atoms with E-state index in [0.717, 1.165) is 0 Å². The van der Waals surface area contributed by atoms with Gasteiger partial charge in [0.05, 0.1) is 0 Å². The van der Waals surface area contributed by atoms with E-state index < -0.39 is 0 Å². The van der Waals surface area contributed by atoms with Crippen LogP contribution in [0.25, 0.3) is 22.4 Å². The zero-order valence-corrected chi connectivity index (χ0v) is 12.3. The van der Waals surface area contributed by atoms with Crippen molar-refractivity contribution in [3.8, 4) is 0 Å². The molecule has 0 heterocycles. The van der Waals surface area contributed by atoms with Gasteiger partial charge in [0, 0.05) is 5.92 Å². The summed E-state index contributed by atoms with van der Waals surface area (Å²) < 4.78 is 0. The Kier molecular flexibility index (Phi) is 1.97. The molecule has 21 heavy (non-hydrogen) atoms. The number of rotatable bonds is 0. The predicted molar refractivity (Wildman–Crippen MR) is 90.2 cm³/mol. The maximum Gasteiger partial charge on any atom is 0.0355 e. The molecule has 100 valence electrons. The van der Waals surface area contributed by atoms with Gasteiger partial charge in [0.2, 0.25) is 0 Å². The van der Waals surface area contributed by atoms with Gasteiger partial charge in [-0.05, 0) is 63.6 Å². The van der Waals surface area contributed by atoms with Crippen LogP contribution in [0, 0.1) is 0 Å². The van der Waals surface area contributed by atoms with E-state index in [-0.39, 0.29) is 0 Å². The molecule has 0 amide bonds. The van der Waals surface area contributed by atoms with E-state index in [1.165, 1.54) is 49.8 Å². The van der Waals surface area contributed by atoms with E-state index in [1.54, 1.807) is 0 Å². The van der Waals surface area contributed by atoms with Crippen LogP contribution in [0.4, 0.5) is 0 Å². The van der Waals surface area contributed by atoms with Crippen molar-refractivity contribution in [3.05, 3.63) is 82.0 Å². The van der Waals surface area contributed by atoms with Crippen LogP contribution in [0.1, 0.15) is 36.5 Å². The fourth-order valence-electron chi connectivity index (χ4n) is 4.21. The summed E-state index contributed by atoms with van der Waals surface area (Å²) in [6.07, 6.45) is 9.16. The van der Waals surface area contributed by atoms with Gasteiger partial charge >= 0.3 is 0 Å². The molecular formula is C21H16. The molecule has 5 rings (SSSR count). The Morgan fingerprint density at radius 3 is 2.76 bits per heavy atom. The lowest BCUT2D eigenvalue weighted by molar-refractivity contribution is 0.933. The van der Waals surface area contributed by atoms with Crippen molar-refractivity contribution in [2.45, 2.75) is 19.8 Å². The Morgan fingerprint density at radius 2 is 1.86 bits per heavy atom. The molecule has 0 heteroatoms. The minimum atomic E-state index is 0.437. The molecule has 0 aliphatic heterocycles. The van der Waals surface area contributed by atoms with E-state index in [9.17, 15) is 0 Å². The van der Waals surface area contributed by atoms with Crippen LogP contribution in [-0.4, -0.2) is 0 Å². The Balaban J connectivity index is 2.06. The van der Waals surface area contributed by atoms with E-state index in [1.807, 2.05) is 0 Å². The quantitative estimate of drug-likeness (QED) is 0.581. The number of allylic oxidation sites excluding steroid dienone is 7. The molecule has 0 saturated carbocycles. The molecule has 2 aromatic rings. The minimum Gasteiger partial charge on any atom is -0.0616 e.